The first-order chi connectivity index (χ1) is 5.59. The van der Waals surface area contributed by atoms with Crippen molar-refractivity contribution < 1.29 is 9.21 Å². The molecular weight excluding hydrogens is 152 g/mol. The molecule has 0 unspecified atom stereocenters. The molecule has 0 spiro atoms. The Labute approximate surface area is 71.9 Å². The number of furan rings is 1. The molecule has 0 aliphatic heterocycles. The predicted molar refractivity (Wildman–Crippen MR) is 47.2 cm³/mol. The zero-order valence-electron chi connectivity index (χ0n) is 7.55. The van der Waals surface area contributed by atoms with Crippen LogP contribution >= 0.6 is 0 Å². The van der Waals surface area contributed by atoms with E-state index in [0.717, 1.165) is 11.3 Å². The molecule has 1 aromatic heterocycles. The Bertz CT molecular complexity index is 314. The van der Waals surface area contributed by atoms with Gasteiger partial charge in [0.05, 0.1) is 0 Å². The van der Waals surface area contributed by atoms with Gasteiger partial charge in [-0.25, -0.2) is 0 Å². The summed E-state index contributed by atoms with van der Waals surface area (Å²) >= 11 is 0. The minimum absolute atomic E-state index is 0.0666. The van der Waals surface area contributed by atoms with Crippen molar-refractivity contribution in [3.63, 3.8) is 0 Å². The highest BCUT2D eigenvalue weighted by molar-refractivity contribution is 6.02. The number of ketones is 1. The predicted octanol–water partition coefficient (Wildman–Crippen LogP) is 2.74. The van der Waals surface area contributed by atoms with Gasteiger partial charge in [-0.3, -0.25) is 4.79 Å². The molecule has 0 saturated heterocycles. The van der Waals surface area contributed by atoms with Gasteiger partial charge in [-0.1, -0.05) is 5.57 Å². The molecule has 64 valence electrons. The average molecular weight is 164 g/mol. The first-order valence-electron chi connectivity index (χ1n) is 3.85. The topological polar surface area (TPSA) is 30.2 Å². The van der Waals surface area contributed by atoms with Crippen molar-refractivity contribution in [1.82, 2.24) is 0 Å². The van der Waals surface area contributed by atoms with Crippen molar-refractivity contribution >= 4 is 5.78 Å². The lowest BCUT2D eigenvalue weighted by Gasteiger charge is -1.89. The van der Waals surface area contributed by atoms with Crippen molar-refractivity contribution in [2.24, 2.45) is 0 Å². The number of aryl methyl sites for hydroxylation is 1. The number of rotatable bonds is 2. The van der Waals surface area contributed by atoms with Gasteiger partial charge < -0.3 is 4.42 Å². The van der Waals surface area contributed by atoms with Crippen LogP contribution in [0.4, 0.5) is 0 Å². The van der Waals surface area contributed by atoms with Gasteiger partial charge in [0, 0.05) is 0 Å². The van der Waals surface area contributed by atoms with Crippen molar-refractivity contribution in [3.8, 4) is 0 Å². The third-order valence-electron chi connectivity index (χ3n) is 1.40. The number of carbonyl (C=O) groups is 1. The maximum atomic E-state index is 11.3. The van der Waals surface area contributed by atoms with Gasteiger partial charge in [0.25, 0.3) is 0 Å². The molecule has 2 nitrogen and oxygen atoms in total. The molecule has 0 aliphatic rings. The Kier molecular flexibility index (Phi) is 2.48. The molecule has 0 atom stereocenters. The Morgan fingerprint density at radius 1 is 1.42 bits per heavy atom. The fraction of sp³-hybridized carbons (Fsp3) is 0.300. The van der Waals surface area contributed by atoms with Crippen molar-refractivity contribution in [2.45, 2.75) is 20.8 Å². The maximum absolute atomic E-state index is 11.3. The Morgan fingerprint density at radius 3 is 2.50 bits per heavy atom. The largest absolute Gasteiger partial charge is 0.458 e. The summed E-state index contributed by atoms with van der Waals surface area (Å²) in [5.41, 5.74) is 0.981. The van der Waals surface area contributed by atoms with Crippen LogP contribution in [0, 0.1) is 6.92 Å². The van der Waals surface area contributed by atoms with Crippen LogP contribution < -0.4 is 0 Å². The summed E-state index contributed by atoms with van der Waals surface area (Å²) in [6.45, 7) is 5.58. The molecule has 1 aromatic rings. The highest BCUT2D eigenvalue weighted by atomic mass is 16.3. The second-order valence-corrected chi connectivity index (χ2v) is 3.00. The van der Waals surface area contributed by atoms with Crippen LogP contribution in [0.5, 0.6) is 0 Å². The Morgan fingerprint density at radius 2 is 2.08 bits per heavy atom. The van der Waals surface area contributed by atoms with Crippen molar-refractivity contribution in [2.75, 3.05) is 0 Å². The molecule has 0 fully saturated rings. The van der Waals surface area contributed by atoms with E-state index < -0.39 is 0 Å². The van der Waals surface area contributed by atoms with E-state index in [1.807, 2.05) is 20.8 Å². The number of hydrogen-bond donors (Lipinski definition) is 0. The first kappa shape index (κ1) is 8.78. The van der Waals surface area contributed by atoms with E-state index in [1.54, 1.807) is 18.2 Å². The lowest BCUT2D eigenvalue weighted by atomic mass is 10.2. The van der Waals surface area contributed by atoms with Gasteiger partial charge in [-0.05, 0) is 39.0 Å². The normalized spacial score (nSPS) is 9.58. The van der Waals surface area contributed by atoms with E-state index in [-0.39, 0.29) is 5.78 Å². The van der Waals surface area contributed by atoms with Crippen LogP contribution in [0.25, 0.3) is 0 Å². The van der Waals surface area contributed by atoms with Gasteiger partial charge in [0.1, 0.15) is 5.76 Å². The SMILES string of the molecule is CC(C)=CC(=O)c1ccc(C)o1. The third-order valence-corrected chi connectivity index (χ3v) is 1.40. The van der Waals surface area contributed by atoms with E-state index in [0.29, 0.717) is 5.76 Å². The highest BCUT2D eigenvalue weighted by Crippen LogP contribution is 2.08. The molecule has 0 radical (unpaired) electrons. The standard InChI is InChI=1S/C10H12O2/c1-7(2)6-9(11)10-5-4-8(3)12-10/h4-6H,1-3H3. The van der Waals surface area contributed by atoms with Crippen LogP contribution in [0.3, 0.4) is 0 Å². The molecule has 0 N–H and O–H groups in total. The molecule has 12 heavy (non-hydrogen) atoms. The summed E-state index contributed by atoms with van der Waals surface area (Å²) in [5, 5.41) is 0. The number of carbonyl (C=O) groups excluding carboxylic acids is 1. The molecule has 1 rings (SSSR count). The molecule has 0 amide bonds. The van der Waals surface area contributed by atoms with Gasteiger partial charge in [-0.2, -0.15) is 0 Å². The zero-order chi connectivity index (χ0) is 9.14. The van der Waals surface area contributed by atoms with Gasteiger partial charge in [0.15, 0.2) is 5.76 Å². The minimum atomic E-state index is -0.0666. The summed E-state index contributed by atoms with van der Waals surface area (Å²) in [7, 11) is 0. The quantitative estimate of drug-likeness (QED) is 0.497. The molecule has 0 aliphatic carbocycles. The molecule has 0 bridgehead atoms. The Hall–Kier alpha value is -1.31. The monoisotopic (exact) mass is 164 g/mol. The van der Waals surface area contributed by atoms with Crippen molar-refractivity contribution in [3.05, 3.63) is 35.3 Å². The number of allylic oxidation sites excluding steroid dienone is 2. The summed E-state index contributed by atoms with van der Waals surface area (Å²) < 4.78 is 5.15. The van der Waals surface area contributed by atoms with Crippen LogP contribution in [-0.2, 0) is 0 Å². The zero-order valence-corrected chi connectivity index (χ0v) is 7.55. The molecule has 2 heteroatoms. The second kappa shape index (κ2) is 3.39. The van der Waals surface area contributed by atoms with E-state index in [9.17, 15) is 4.79 Å². The van der Waals surface area contributed by atoms with Crippen LogP contribution in [0.15, 0.2) is 28.2 Å². The molecule has 1 heterocycles. The van der Waals surface area contributed by atoms with E-state index >= 15 is 0 Å². The summed E-state index contributed by atoms with van der Waals surface area (Å²) in [6.07, 6.45) is 1.57. The third kappa shape index (κ3) is 2.09. The summed E-state index contributed by atoms with van der Waals surface area (Å²) in [5.74, 6) is 1.11. The average Bonchev–Trinajstić information content (AvgIpc) is 2.34. The Balaban J connectivity index is 2.86. The van der Waals surface area contributed by atoms with E-state index in [1.165, 1.54) is 0 Å². The highest BCUT2D eigenvalue weighted by Gasteiger charge is 2.05. The molecule has 0 aromatic carbocycles. The van der Waals surface area contributed by atoms with E-state index in [2.05, 4.69) is 0 Å². The van der Waals surface area contributed by atoms with Crippen LogP contribution in [0.1, 0.15) is 30.2 Å². The fourth-order valence-corrected chi connectivity index (χ4v) is 0.900. The maximum Gasteiger partial charge on any atom is 0.220 e. The van der Waals surface area contributed by atoms with E-state index in [4.69, 9.17) is 4.42 Å². The minimum Gasteiger partial charge on any atom is -0.458 e. The smallest absolute Gasteiger partial charge is 0.220 e. The summed E-state index contributed by atoms with van der Waals surface area (Å²) in [6, 6.07) is 3.48. The van der Waals surface area contributed by atoms with Crippen LogP contribution in [0.2, 0.25) is 0 Å². The first-order valence-corrected chi connectivity index (χ1v) is 3.85. The number of hydrogen-bond acceptors (Lipinski definition) is 2. The second-order valence-electron chi connectivity index (χ2n) is 3.00. The molecule has 0 saturated carbocycles. The van der Waals surface area contributed by atoms with Gasteiger partial charge in [0.2, 0.25) is 5.78 Å². The lowest BCUT2D eigenvalue weighted by Crippen LogP contribution is -1.91. The van der Waals surface area contributed by atoms with Crippen molar-refractivity contribution in [1.29, 1.82) is 0 Å². The van der Waals surface area contributed by atoms with Crippen LogP contribution in [-0.4, -0.2) is 5.78 Å². The molecular formula is C10H12O2. The lowest BCUT2D eigenvalue weighted by molar-refractivity contribution is 0.102. The van der Waals surface area contributed by atoms with Gasteiger partial charge in [-0.15, -0.1) is 0 Å². The fourth-order valence-electron chi connectivity index (χ4n) is 0.900. The van der Waals surface area contributed by atoms with Gasteiger partial charge >= 0.3 is 0 Å². The summed E-state index contributed by atoms with van der Waals surface area (Å²) in [4.78, 5) is 11.3.